The highest BCUT2D eigenvalue weighted by Crippen LogP contribution is 2.34. The lowest BCUT2D eigenvalue weighted by Gasteiger charge is -2.21. The number of methoxy groups -OCH3 is 1. The monoisotopic (exact) mass is 241 g/mol. The van der Waals surface area contributed by atoms with E-state index in [1.54, 1.807) is 13.4 Å². The third-order valence-electron chi connectivity index (χ3n) is 2.46. The van der Waals surface area contributed by atoms with Crippen LogP contribution >= 0.6 is 0 Å². The number of hydrogen-bond donors (Lipinski definition) is 1. The smallest absolute Gasteiger partial charge is 0.157 e. The summed E-state index contributed by atoms with van der Waals surface area (Å²) in [6.07, 6.45) is 1.63. The average molecular weight is 241 g/mol. The van der Waals surface area contributed by atoms with E-state index in [1.165, 1.54) is 0 Å². The van der Waals surface area contributed by atoms with Crippen LogP contribution in [0.15, 0.2) is 17.0 Å². The molecule has 3 nitrogen and oxygen atoms in total. The van der Waals surface area contributed by atoms with Crippen LogP contribution in [0.2, 0.25) is 0 Å². The summed E-state index contributed by atoms with van der Waals surface area (Å²) >= 11 is 0. The van der Waals surface area contributed by atoms with Crippen molar-refractivity contribution in [1.82, 2.24) is 0 Å². The Kier molecular flexibility index (Phi) is 3.63. The highest BCUT2D eigenvalue weighted by molar-refractivity contribution is 7.84. The molecule has 0 heterocycles. The molecule has 0 radical (unpaired) electrons. The summed E-state index contributed by atoms with van der Waals surface area (Å²) in [5, 5.41) is 0. The Morgan fingerprint density at radius 1 is 1.31 bits per heavy atom. The van der Waals surface area contributed by atoms with Crippen molar-refractivity contribution in [3.63, 3.8) is 0 Å². The van der Waals surface area contributed by atoms with E-state index in [2.05, 4.69) is 20.8 Å². The molecule has 0 aromatic heterocycles. The van der Waals surface area contributed by atoms with Crippen molar-refractivity contribution >= 4 is 16.5 Å². The third kappa shape index (κ3) is 2.55. The predicted molar refractivity (Wildman–Crippen MR) is 68.4 cm³/mol. The first-order chi connectivity index (χ1) is 7.27. The molecule has 90 valence electrons. The summed E-state index contributed by atoms with van der Waals surface area (Å²) in [7, 11) is 0.440. The zero-order valence-corrected chi connectivity index (χ0v) is 11.3. The van der Waals surface area contributed by atoms with Crippen LogP contribution in [0.4, 0.5) is 5.69 Å². The second-order valence-electron chi connectivity index (χ2n) is 4.80. The standard InChI is InChI=1S/C12H19NO2S/c1-12(2,3)8-6-9(13)11(15-4)10(7-8)16(5)14/h6-7H,13H2,1-5H3. The van der Waals surface area contributed by atoms with Gasteiger partial charge in [-0.15, -0.1) is 0 Å². The average Bonchev–Trinajstić information content (AvgIpc) is 2.14. The molecule has 1 aromatic carbocycles. The van der Waals surface area contributed by atoms with Crippen molar-refractivity contribution in [3.05, 3.63) is 17.7 Å². The van der Waals surface area contributed by atoms with Crippen LogP contribution in [0.3, 0.4) is 0 Å². The zero-order valence-electron chi connectivity index (χ0n) is 10.5. The van der Waals surface area contributed by atoms with Gasteiger partial charge in [0, 0.05) is 6.26 Å². The van der Waals surface area contributed by atoms with Gasteiger partial charge in [-0.05, 0) is 23.1 Å². The van der Waals surface area contributed by atoms with E-state index >= 15 is 0 Å². The molecule has 0 bridgehead atoms. The van der Waals surface area contributed by atoms with Crippen LogP contribution < -0.4 is 10.5 Å². The number of ether oxygens (including phenoxy) is 1. The molecule has 0 aliphatic carbocycles. The van der Waals surface area contributed by atoms with Crippen molar-refractivity contribution < 1.29 is 8.95 Å². The topological polar surface area (TPSA) is 52.3 Å². The Morgan fingerprint density at radius 3 is 2.25 bits per heavy atom. The van der Waals surface area contributed by atoms with E-state index in [0.29, 0.717) is 16.3 Å². The van der Waals surface area contributed by atoms with Gasteiger partial charge in [-0.3, -0.25) is 4.21 Å². The first-order valence-corrected chi connectivity index (χ1v) is 6.64. The van der Waals surface area contributed by atoms with Crippen LogP contribution in [0.5, 0.6) is 5.75 Å². The molecule has 1 aromatic rings. The summed E-state index contributed by atoms with van der Waals surface area (Å²) in [5.74, 6) is 0.522. The number of nitrogens with two attached hydrogens (primary N) is 1. The summed E-state index contributed by atoms with van der Waals surface area (Å²) in [4.78, 5) is 0.660. The third-order valence-corrected chi connectivity index (χ3v) is 3.39. The van der Waals surface area contributed by atoms with E-state index < -0.39 is 10.8 Å². The van der Waals surface area contributed by atoms with Gasteiger partial charge in [0.25, 0.3) is 0 Å². The fourth-order valence-corrected chi connectivity index (χ4v) is 2.24. The maximum absolute atomic E-state index is 11.6. The Labute approximate surface area is 99.4 Å². The van der Waals surface area contributed by atoms with Crippen molar-refractivity contribution in [2.45, 2.75) is 31.1 Å². The van der Waals surface area contributed by atoms with E-state index in [1.807, 2.05) is 12.1 Å². The lowest BCUT2D eigenvalue weighted by molar-refractivity contribution is 0.405. The lowest BCUT2D eigenvalue weighted by atomic mass is 9.87. The molecule has 0 amide bonds. The SMILES string of the molecule is COc1c(N)cc(C(C)(C)C)cc1S(C)=O. The van der Waals surface area contributed by atoms with Gasteiger partial charge in [0.15, 0.2) is 5.75 Å². The molecule has 0 saturated carbocycles. The molecule has 0 spiro atoms. The summed E-state index contributed by atoms with van der Waals surface area (Å²) in [6, 6.07) is 3.79. The predicted octanol–water partition coefficient (Wildman–Crippen LogP) is 2.31. The van der Waals surface area contributed by atoms with Crippen LogP contribution in [0.1, 0.15) is 26.3 Å². The van der Waals surface area contributed by atoms with Gasteiger partial charge in [0.05, 0.1) is 28.5 Å². The first-order valence-electron chi connectivity index (χ1n) is 5.08. The quantitative estimate of drug-likeness (QED) is 0.808. The summed E-state index contributed by atoms with van der Waals surface area (Å²) in [5.41, 5.74) is 7.50. The molecule has 2 N–H and O–H groups in total. The van der Waals surface area contributed by atoms with Gasteiger partial charge < -0.3 is 10.5 Å². The Bertz CT molecular complexity index is 422. The molecule has 1 rings (SSSR count). The Balaban J connectivity index is 3.46. The normalized spacial score (nSPS) is 13.6. The number of benzene rings is 1. The fraction of sp³-hybridized carbons (Fsp3) is 0.500. The minimum Gasteiger partial charge on any atom is -0.493 e. The van der Waals surface area contributed by atoms with Crippen LogP contribution in [0, 0.1) is 0 Å². The van der Waals surface area contributed by atoms with Crippen molar-refractivity contribution in [2.75, 3.05) is 19.1 Å². The highest BCUT2D eigenvalue weighted by atomic mass is 32.2. The molecule has 0 aliphatic heterocycles. The van der Waals surface area contributed by atoms with Gasteiger partial charge in [0.2, 0.25) is 0 Å². The number of anilines is 1. The maximum atomic E-state index is 11.6. The molecule has 1 atom stereocenters. The number of rotatable bonds is 2. The maximum Gasteiger partial charge on any atom is 0.157 e. The van der Waals surface area contributed by atoms with E-state index in [4.69, 9.17) is 10.5 Å². The highest BCUT2D eigenvalue weighted by Gasteiger charge is 2.19. The molecular weight excluding hydrogens is 222 g/mol. The zero-order chi connectivity index (χ0) is 12.5. The van der Waals surface area contributed by atoms with E-state index in [0.717, 1.165) is 5.56 Å². The molecule has 4 heteroatoms. The van der Waals surface area contributed by atoms with E-state index in [9.17, 15) is 4.21 Å². The summed E-state index contributed by atoms with van der Waals surface area (Å²) in [6.45, 7) is 6.28. The molecular formula is C12H19NO2S. The minimum absolute atomic E-state index is 0.0193. The molecule has 16 heavy (non-hydrogen) atoms. The fourth-order valence-electron chi connectivity index (χ4n) is 1.49. The van der Waals surface area contributed by atoms with E-state index in [-0.39, 0.29) is 5.41 Å². The lowest BCUT2D eigenvalue weighted by Crippen LogP contribution is -2.13. The van der Waals surface area contributed by atoms with Gasteiger partial charge in [-0.25, -0.2) is 0 Å². The molecule has 0 fully saturated rings. The molecule has 0 aliphatic rings. The van der Waals surface area contributed by atoms with Crippen molar-refractivity contribution in [2.24, 2.45) is 0 Å². The largest absolute Gasteiger partial charge is 0.493 e. The van der Waals surface area contributed by atoms with Crippen molar-refractivity contribution in [3.8, 4) is 5.75 Å². The molecule has 1 unspecified atom stereocenters. The van der Waals surface area contributed by atoms with Gasteiger partial charge in [-0.1, -0.05) is 20.8 Å². The van der Waals surface area contributed by atoms with Gasteiger partial charge in [0.1, 0.15) is 0 Å². The Hall–Kier alpha value is -1.03. The second kappa shape index (κ2) is 4.45. The minimum atomic E-state index is -1.10. The summed E-state index contributed by atoms with van der Waals surface area (Å²) < 4.78 is 16.8. The number of nitrogen functional groups attached to an aromatic ring is 1. The van der Waals surface area contributed by atoms with Gasteiger partial charge in [-0.2, -0.15) is 0 Å². The van der Waals surface area contributed by atoms with Crippen molar-refractivity contribution in [1.29, 1.82) is 0 Å². The Morgan fingerprint density at radius 2 is 1.88 bits per heavy atom. The van der Waals surface area contributed by atoms with Crippen LogP contribution in [0.25, 0.3) is 0 Å². The first kappa shape index (κ1) is 13.0. The molecule has 0 saturated heterocycles. The number of hydrogen-bond acceptors (Lipinski definition) is 3. The second-order valence-corrected chi connectivity index (χ2v) is 6.15. The van der Waals surface area contributed by atoms with Crippen LogP contribution in [-0.2, 0) is 16.2 Å². The van der Waals surface area contributed by atoms with Gasteiger partial charge >= 0.3 is 0 Å². The van der Waals surface area contributed by atoms with Crippen LogP contribution in [-0.4, -0.2) is 17.6 Å².